The van der Waals surface area contributed by atoms with Gasteiger partial charge in [-0.2, -0.15) is 0 Å². The molecule has 3 rings (SSSR count). The molecule has 0 radical (unpaired) electrons. The second-order valence-electron chi connectivity index (χ2n) is 5.02. The first kappa shape index (κ1) is 17.0. The molecule has 122 valence electrons. The van der Waals surface area contributed by atoms with E-state index < -0.39 is 0 Å². The van der Waals surface area contributed by atoms with Crippen molar-refractivity contribution in [2.24, 2.45) is 0 Å². The fourth-order valence-corrected chi connectivity index (χ4v) is 2.83. The number of carbonyl (C=O) groups excluding carboxylic acids is 1. The number of rotatable bonds is 3. The van der Waals surface area contributed by atoms with E-state index in [4.69, 9.17) is 23.2 Å². The molecule has 0 aliphatic heterocycles. The Balaban J connectivity index is 1.84. The van der Waals surface area contributed by atoms with Crippen LogP contribution in [0.3, 0.4) is 0 Å². The molecule has 1 amide bonds. The minimum atomic E-state index is -0.369. The lowest BCUT2D eigenvalue weighted by molar-refractivity contribution is -0.116. The zero-order valence-corrected chi connectivity index (χ0v) is 15.2. The molecule has 1 heterocycles. The maximum Gasteiger partial charge on any atom is 0.261 e. The van der Waals surface area contributed by atoms with Crippen LogP contribution < -0.4 is 10.9 Å². The van der Waals surface area contributed by atoms with Gasteiger partial charge in [0.05, 0.1) is 27.3 Å². The molecular weight excluding hydrogens is 417 g/mol. The Labute approximate surface area is 155 Å². The lowest BCUT2D eigenvalue weighted by Gasteiger charge is -2.09. The minimum absolute atomic E-state index is 0.158. The van der Waals surface area contributed by atoms with Crippen molar-refractivity contribution < 1.29 is 4.79 Å². The number of halogens is 3. The van der Waals surface area contributed by atoms with Gasteiger partial charge in [0.2, 0.25) is 5.91 Å². The molecule has 24 heavy (non-hydrogen) atoms. The number of nitrogens with one attached hydrogen (secondary N) is 1. The van der Waals surface area contributed by atoms with Crippen molar-refractivity contribution in [1.29, 1.82) is 0 Å². The summed E-state index contributed by atoms with van der Waals surface area (Å²) in [5.41, 5.74) is 0.786. The second kappa shape index (κ2) is 6.93. The Morgan fingerprint density at radius 2 is 1.96 bits per heavy atom. The maximum atomic E-state index is 12.5. The highest BCUT2D eigenvalue weighted by Crippen LogP contribution is 2.25. The van der Waals surface area contributed by atoms with Gasteiger partial charge in [-0.1, -0.05) is 39.1 Å². The third-order valence-corrected chi connectivity index (χ3v) is 4.54. The van der Waals surface area contributed by atoms with Crippen molar-refractivity contribution in [3.63, 3.8) is 0 Å². The van der Waals surface area contributed by atoms with Crippen molar-refractivity contribution in [1.82, 2.24) is 9.55 Å². The van der Waals surface area contributed by atoms with Gasteiger partial charge < -0.3 is 5.32 Å². The van der Waals surface area contributed by atoms with Gasteiger partial charge >= 0.3 is 0 Å². The van der Waals surface area contributed by atoms with Crippen molar-refractivity contribution in [2.75, 3.05) is 5.32 Å². The van der Waals surface area contributed by atoms with E-state index in [0.717, 1.165) is 4.47 Å². The summed E-state index contributed by atoms with van der Waals surface area (Å²) in [6.07, 6.45) is 1.35. The monoisotopic (exact) mass is 425 g/mol. The van der Waals surface area contributed by atoms with Crippen LogP contribution in [0.2, 0.25) is 10.0 Å². The summed E-state index contributed by atoms with van der Waals surface area (Å²) >= 11 is 15.1. The van der Waals surface area contributed by atoms with Gasteiger partial charge in [0, 0.05) is 10.2 Å². The number of anilines is 1. The molecule has 5 nitrogen and oxygen atoms in total. The van der Waals surface area contributed by atoms with Gasteiger partial charge in [0.1, 0.15) is 6.54 Å². The molecule has 2 aromatic carbocycles. The third-order valence-electron chi connectivity index (χ3n) is 3.30. The number of carbonyl (C=O) groups is 1. The fourth-order valence-electron chi connectivity index (χ4n) is 2.17. The summed E-state index contributed by atoms with van der Waals surface area (Å²) in [5, 5.41) is 3.84. The summed E-state index contributed by atoms with van der Waals surface area (Å²) in [5.74, 6) is -0.369. The highest BCUT2D eigenvalue weighted by Gasteiger charge is 2.09. The van der Waals surface area contributed by atoms with Crippen LogP contribution in [0.5, 0.6) is 0 Å². The van der Waals surface area contributed by atoms with Crippen molar-refractivity contribution >= 4 is 61.6 Å². The van der Waals surface area contributed by atoms with E-state index >= 15 is 0 Å². The van der Waals surface area contributed by atoms with Gasteiger partial charge in [-0.3, -0.25) is 14.2 Å². The van der Waals surface area contributed by atoms with Crippen LogP contribution in [0, 0.1) is 0 Å². The van der Waals surface area contributed by atoms with Crippen molar-refractivity contribution in [3.05, 3.63) is 67.6 Å². The fraction of sp³-hybridized carbons (Fsp3) is 0.0625. The first-order valence-electron chi connectivity index (χ1n) is 6.83. The van der Waals surface area contributed by atoms with Gasteiger partial charge in [0.25, 0.3) is 5.56 Å². The topological polar surface area (TPSA) is 64.0 Å². The smallest absolute Gasteiger partial charge is 0.261 e. The van der Waals surface area contributed by atoms with Crippen molar-refractivity contribution in [2.45, 2.75) is 6.54 Å². The summed E-state index contributed by atoms with van der Waals surface area (Å²) in [6.45, 7) is -0.158. The predicted octanol–water partition coefficient (Wildman–Crippen LogP) is 4.10. The Kier molecular flexibility index (Phi) is 4.89. The summed E-state index contributed by atoms with van der Waals surface area (Å²) in [4.78, 5) is 28.8. The molecule has 8 heteroatoms. The normalized spacial score (nSPS) is 10.8. The predicted molar refractivity (Wildman–Crippen MR) is 98.8 cm³/mol. The molecule has 0 aliphatic carbocycles. The number of hydrogen-bond donors (Lipinski definition) is 1. The molecule has 0 unspecified atom stereocenters. The van der Waals surface area contributed by atoms with Crippen LogP contribution in [0.1, 0.15) is 0 Å². The van der Waals surface area contributed by atoms with Crippen LogP contribution in [0.25, 0.3) is 10.9 Å². The third kappa shape index (κ3) is 3.61. The number of nitrogens with zero attached hydrogens (tertiary/aromatic N) is 2. The highest BCUT2D eigenvalue weighted by molar-refractivity contribution is 9.10. The van der Waals surface area contributed by atoms with E-state index in [1.165, 1.54) is 10.9 Å². The lowest BCUT2D eigenvalue weighted by Crippen LogP contribution is -2.27. The van der Waals surface area contributed by atoms with E-state index in [0.29, 0.717) is 26.6 Å². The van der Waals surface area contributed by atoms with Crippen molar-refractivity contribution in [3.8, 4) is 0 Å². The van der Waals surface area contributed by atoms with Crippen LogP contribution in [-0.2, 0) is 11.3 Å². The van der Waals surface area contributed by atoms with E-state index in [1.807, 2.05) is 0 Å². The molecule has 0 saturated carbocycles. The lowest BCUT2D eigenvalue weighted by atomic mass is 10.2. The van der Waals surface area contributed by atoms with E-state index in [1.54, 1.807) is 36.4 Å². The molecule has 0 fully saturated rings. The first-order valence-corrected chi connectivity index (χ1v) is 8.38. The Bertz CT molecular complexity index is 1000. The van der Waals surface area contributed by atoms with Crippen LogP contribution in [0.4, 0.5) is 5.69 Å². The number of aromatic nitrogens is 2. The Morgan fingerprint density at radius 1 is 1.17 bits per heavy atom. The summed E-state index contributed by atoms with van der Waals surface area (Å²) in [7, 11) is 0. The second-order valence-corrected chi connectivity index (χ2v) is 6.75. The summed E-state index contributed by atoms with van der Waals surface area (Å²) < 4.78 is 2.02. The molecule has 0 spiro atoms. The van der Waals surface area contributed by atoms with E-state index in [-0.39, 0.29) is 18.0 Å². The molecular formula is C16H10BrCl2N3O2. The van der Waals surface area contributed by atoms with Crippen LogP contribution in [0.15, 0.2) is 52.0 Å². The molecule has 1 N–H and O–H groups in total. The molecule has 0 atom stereocenters. The standard InChI is InChI=1S/C16H10BrCl2N3O2/c17-9-1-4-14-11(5-9)16(24)22(8-20-14)7-15(23)21-10-2-3-12(18)13(19)6-10/h1-6,8H,7H2,(H,21,23). The number of hydrogen-bond acceptors (Lipinski definition) is 3. The van der Waals surface area contributed by atoms with Gasteiger partial charge in [-0.05, 0) is 36.4 Å². The zero-order valence-electron chi connectivity index (χ0n) is 12.1. The first-order chi connectivity index (χ1) is 11.4. The number of amides is 1. The molecule has 1 aromatic heterocycles. The summed E-state index contributed by atoms with van der Waals surface area (Å²) in [6, 6.07) is 9.97. The zero-order chi connectivity index (χ0) is 17.3. The van der Waals surface area contributed by atoms with E-state index in [2.05, 4.69) is 26.2 Å². The molecule has 0 aliphatic rings. The molecule has 0 saturated heterocycles. The Hall–Kier alpha value is -1.89. The average Bonchev–Trinajstić information content (AvgIpc) is 2.54. The van der Waals surface area contributed by atoms with Gasteiger partial charge in [-0.25, -0.2) is 4.98 Å². The van der Waals surface area contributed by atoms with Gasteiger partial charge in [0.15, 0.2) is 0 Å². The SMILES string of the molecule is O=C(Cn1cnc2ccc(Br)cc2c1=O)Nc1ccc(Cl)c(Cl)c1. The Morgan fingerprint density at radius 3 is 2.71 bits per heavy atom. The number of benzene rings is 2. The largest absolute Gasteiger partial charge is 0.324 e. The quantitative estimate of drug-likeness (QED) is 0.685. The minimum Gasteiger partial charge on any atom is -0.324 e. The van der Waals surface area contributed by atoms with Crippen LogP contribution >= 0.6 is 39.1 Å². The van der Waals surface area contributed by atoms with E-state index in [9.17, 15) is 9.59 Å². The number of fused-ring (bicyclic) bond motifs is 1. The highest BCUT2D eigenvalue weighted by atomic mass is 79.9. The van der Waals surface area contributed by atoms with Gasteiger partial charge in [-0.15, -0.1) is 0 Å². The molecule has 0 bridgehead atoms. The average molecular weight is 427 g/mol. The molecule has 3 aromatic rings. The van der Waals surface area contributed by atoms with Crippen LogP contribution in [-0.4, -0.2) is 15.5 Å². The maximum absolute atomic E-state index is 12.5.